The van der Waals surface area contributed by atoms with E-state index in [0.29, 0.717) is 24.7 Å². The second kappa shape index (κ2) is 8.81. The third-order valence-corrected chi connectivity index (χ3v) is 6.41. The first-order valence-corrected chi connectivity index (χ1v) is 9.74. The molecule has 144 valence electrons. The molecule has 1 aromatic carbocycles. The highest BCUT2D eigenvalue weighted by molar-refractivity contribution is 7.89. The molecule has 1 aliphatic heterocycles. The Bertz CT molecular complexity index is 810. The van der Waals surface area contributed by atoms with Gasteiger partial charge in [0, 0.05) is 26.2 Å². The van der Waals surface area contributed by atoms with E-state index in [1.807, 2.05) is 0 Å². The van der Waals surface area contributed by atoms with Crippen molar-refractivity contribution in [2.24, 2.45) is 12.8 Å². The number of nitrogens with two attached hydrogens (primary N) is 1. The lowest BCUT2D eigenvalue weighted by Gasteiger charge is -2.33. The number of ether oxygens (including phenoxy) is 1. The molecule has 0 radical (unpaired) electrons. The number of hydrogen-bond donors (Lipinski definition) is 1. The molecule has 0 saturated carbocycles. The fraction of sp³-hybridized carbons (Fsp3) is 0.500. The Balaban J connectivity index is 0.00000243. The number of sulfonamides is 1. The Morgan fingerprint density at radius 1 is 1.27 bits per heavy atom. The number of aromatic nitrogens is 3. The van der Waals surface area contributed by atoms with E-state index in [1.165, 1.54) is 10.6 Å². The summed E-state index contributed by atoms with van der Waals surface area (Å²) >= 11 is 0. The molecule has 0 amide bonds. The van der Waals surface area contributed by atoms with Gasteiger partial charge < -0.3 is 10.5 Å². The van der Waals surface area contributed by atoms with Crippen molar-refractivity contribution in [2.75, 3.05) is 13.1 Å². The summed E-state index contributed by atoms with van der Waals surface area (Å²) < 4.78 is 34.5. The number of piperidine rings is 1. The molecule has 2 N–H and O–H groups in total. The van der Waals surface area contributed by atoms with Crippen molar-refractivity contribution in [1.82, 2.24) is 19.1 Å². The molecule has 0 bridgehead atoms. The zero-order valence-corrected chi connectivity index (χ0v) is 16.2. The third kappa shape index (κ3) is 4.35. The van der Waals surface area contributed by atoms with Crippen molar-refractivity contribution in [3.05, 3.63) is 36.4 Å². The smallest absolute Gasteiger partial charge is 0.243 e. The largest absolute Gasteiger partial charge is 0.486 e. The molecule has 26 heavy (non-hydrogen) atoms. The van der Waals surface area contributed by atoms with Gasteiger partial charge in [-0.25, -0.2) is 13.4 Å². The number of hydrogen-bond acceptors (Lipinski definition) is 6. The first-order chi connectivity index (χ1) is 12.0. The number of nitrogens with zero attached hydrogens (tertiary/aromatic N) is 4. The van der Waals surface area contributed by atoms with Crippen LogP contribution in [-0.4, -0.2) is 46.6 Å². The average molecular weight is 402 g/mol. The van der Waals surface area contributed by atoms with Gasteiger partial charge in [0.25, 0.3) is 0 Å². The predicted molar refractivity (Wildman–Crippen MR) is 99.6 cm³/mol. The first-order valence-electron chi connectivity index (χ1n) is 8.30. The van der Waals surface area contributed by atoms with Crippen LogP contribution in [0.5, 0.6) is 5.75 Å². The molecule has 2 heterocycles. The number of halogens is 1. The fourth-order valence-corrected chi connectivity index (χ4v) is 4.67. The van der Waals surface area contributed by atoms with Crippen LogP contribution in [0, 0.1) is 0 Å². The van der Waals surface area contributed by atoms with E-state index >= 15 is 0 Å². The quantitative estimate of drug-likeness (QED) is 0.782. The van der Waals surface area contributed by atoms with Gasteiger partial charge in [-0.1, -0.05) is 6.42 Å². The van der Waals surface area contributed by atoms with Crippen LogP contribution in [0.3, 0.4) is 0 Å². The predicted octanol–water partition coefficient (Wildman–Crippen LogP) is 1.32. The lowest BCUT2D eigenvalue weighted by molar-refractivity contribution is 0.257. The second-order valence-electron chi connectivity index (χ2n) is 6.06. The van der Waals surface area contributed by atoms with E-state index in [0.717, 1.165) is 19.3 Å². The zero-order valence-electron chi connectivity index (χ0n) is 14.6. The van der Waals surface area contributed by atoms with Crippen LogP contribution in [0.4, 0.5) is 0 Å². The average Bonchev–Trinajstić information content (AvgIpc) is 3.05. The maximum Gasteiger partial charge on any atom is 0.243 e. The molecule has 8 nitrogen and oxygen atoms in total. The summed E-state index contributed by atoms with van der Waals surface area (Å²) in [6.45, 7) is 1.14. The molecule has 1 saturated heterocycles. The van der Waals surface area contributed by atoms with Crippen molar-refractivity contribution in [2.45, 2.75) is 36.8 Å². The highest BCUT2D eigenvalue weighted by atomic mass is 35.5. The summed E-state index contributed by atoms with van der Waals surface area (Å²) in [5.41, 5.74) is 5.75. The molecule has 0 spiro atoms. The molecule has 1 atom stereocenters. The van der Waals surface area contributed by atoms with E-state index in [9.17, 15) is 8.42 Å². The summed E-state index contributed by atoms with van der Waals surface area (Å²) in [5, 5.41) is 3.97. The molecule has 10 heteroatoms. The minimum Gasteiger partial charge on any atom is -0.486 e. The topological polar surface area (TPSA) is 103 Å². The van der Waals surface area contributed by atoms with Crippen LogP contribution in [0.25, 0.3) is 0 Å². The molecular formula is C16H24ClN5O3S. The minimum atomic E-state index is -3.53. The van der Waals surface area contributed by atoms with Crippen molar-refractivity contribution >= 4 is 22.4 Å². The Kier molecular flexibility index (Phi) is 6.99. The number of benzene rings is 1. The van der Waals surface area contributed by atoms with Gasteiger partial charge in [0.2, 0.25) is 10.0 Å². The number of aryl methyl sites for hydroxylation is 1. The highest BCUT2D eigenvalue weighted by Gasteiger charge is 2.32. The van der Waals surface area contributed by atoms with Gasteiger partial charge in [0.1, 0.15) is 18.7 Å². The fourth-order valence-electron chi connectivity index (χ4n) is 2.97. The second-order valence-corrected chi connectivity index (χ2v) is 7.95. The molecule has 1 fully saturated rings. The van der Waals surface area contributed by atoms with Crippen LogP contribution >= 0.6 is 12.4 Å². The summed E-state index contributed by atoms with van der Waals surface area (Å²) in [4.78, 5) is 4.34. The SMILES string of the molecule is Cl.Cn1ncnc1COc1ccc(S(=O)(=O)N2CCCCC2CN)cc1. The normalized spacial score (nSPS) is 18.3. The van der Waals surface area contributed by atoms with E-state index < -0.39 is 10.0 Å². The molecular weight excluding hydrogens is 378 g/mol. The van der Waals surface area contributed by atoms with Gasteiger partial charge in [-0.15, -0.1) is 12.4 Å². The third-order valence-electron chi connectivity index (χ3n) is 4.45. The summed E-state index contributed by atoms with van der Waals surface area (Å²) in [5.74, 6) is 1.27. The number of rotatable bonds is 6. The van der Waals surface area contributed by atoms with Crippen molar-refractivity contribution in [1.29, 1.82) is 0 Å². The van der Waals surface area contributed by atoms with Crippen LogP contribution in [-0.2, 0) is 23.7 Å². The zero-order chi connectivity index (χ0) is 17.9. The monoisotopic (exact) mass is 401 g/mol. The van der Waals surface area contributed by atoms with E-state index in [2.05, 4.69) is 10.1 Å². The summed E-state index contributed by atoms with van der Waals surface area (Å²) in [6, 6.07) is 6.34. The summed E-state index contributed by atoms with van der Waals surface area (Å²) in [7, 11) is -1.75. The lowest BCUT2D eigenvalue weighted by Crippen LogP contribution is -2.47. The molecule has 1 aliphatic rings. The van der Waals surface area contributed by atoms with Gasteiger partial charge in [-0.3, -0.25) is 4.68 Å². The maximum absolute atomic E-state index is 12.9. The molecule has 2 aromatic rings. The highest BCUT2D eigenvalue weighted by Crippen LogP contribution is 2.26. The van der Waals surface area contributed by atoms with Gasteiger partial charge in [-0.2, -0.15) is 9.40 Å². The Morgan fingerprint density at radius 2 is 2.00 bits per heavy atom. The Hall–Kier alpha value is -1.68. The standard InChI is InChI=1S/C16H23N5O3S.ClH/c1-20-16(18-12-19-20)11-24-14-5-7-15(8-6-14)25(22,23)21-9-3-2-4-13(21)10-17;/h5-8,12-13H,2-4,9-11,17H2,1H3;1H. The maximum atomic E-state index is 12.9. The van der Waals surface area contributed by atoms with Gasteiger partial charge in [-0.05, 0) is 37.1 Å². The minimum absolute atomic E-state index is 0. The van der Waals surface area contributed by atoms with Crippen molar-refractivity contribution in [3.8, 4) is 5.75 Å². The van der Waals surface area contributed by atoms with Gasteiger partial charge in [0.05, 0.1) is 4.90 Å². The summed E-state index contributed by atoms with van der Waals surface area (Å²) in [6.07, 6.45) is 4.16. The van der Waals surface area contributed by atoms with E-state index in [-0.39, 0.29) is 30.0 Å². The first kappa shape index (κ1) is 20.6. The van der Waals surface area contributed by atoms with Crippen LogP contribution in [0.1, 0.15) is 25.1 Å². The van der Waals surface area contributed by atoms with Crippen LogP contribution in [0.15, 0.2) is 35.5 Å². The lowest BCUT2D eigenvalue weighted by atomic mass is 10.1. The molecule has 3 rings (SSSR count). The Labute approximate surface area is 159 Å². The van der Waals surface area contributed by atoms with Crippen LogP contribution in [0.2, 0.25) is 0 Å². The Morgan fingerprint density at radius 3 is 2.62 bits per heavy atom. The van der Waals surface area contributed by atoms with Crippen molar-refractivity contribution < 1.29 is 13.2 Å². The molecule has 0 aliphatic carbocycles. The molecule has 1 aromatic heterocycles. The van der Waals surface area contributed by atoms with E-state index in [4.69, 9.17) is 10.5 Å². The van der Waals surface area contributed by atoms with E-state index in [1.54, 1.807) is 36.0 Å². The van der Waals surface area contributed by atoms with Gasteiger partial charge in [0.15, 0.2) is 5.82 Å². The van der Waals surface area contributed by atoms with Gasteiger partial charge >= 0.3 is 0 Å². The molecule has 1 unspecified atom stereocenters. The van der Waals surface area contributed by atoms with Crippen LogP contribution < -0.4 is 10.5 Å². The van der Waals surface area contributed by atoms with Crippen molar-refractivity contribution in [3.63, 3.8) is 0 Å².